The summed E-state index contributed by atoms with van der Waals surface area (Å²) in [5.41, 5.74) is 2.76. The molecule has 0 aliphatic rings. The first kappa shape index (κ1) is 22.4. The van der Waals surface area contributed by atoms with Crippen molar-refractivity contribution in [3.8, 4) is 28.6 Å². The Kier molecular flexibility index (Phi) is 7.26. The zero-order valence-electron chi connectivity index (χ0n) is 18.4. The summed E-state index contributed by atoms with van der Waals surface area (Å²) in [7, 11) is 3.19. The predicted octanol–water partition coefficient (Wildman–Crippen LogP) is 4.36. The second-order valence-electron chi connectivity index (χ2n) is 7.12. The Morgan fingerprint density at radius 3 is 2.21 bits per heavy atom. The molecule has 168 valence electrons. The summed E-state index contributed by atoms with van der Waals surface area (Å²) in [5, 5.41) is 8.11. The van der Waals surface area contributed by atoms with Crippen molar-refractivity contribution in [2.24, 2.45) is 0 Å². The largest absolute Gasteiger partial charge is 0.497 e. The van der Waals surface area contributed by atoms with Crippen molar-refractivity contribution in [2.75, 3.05) is 20.0 Å². The highest BCUT2D eigenvalue weighted by molar-refractivity contribution is 7.99. The molecule has 33 heavy (non-hydrogen) atoms. The van der Waals surface area contributed by atoms with Gasteiger partial charge in [-0.1, -0.05) is 60.3 Å². The molecule has 0 radical (unpaired) electrons. The van der Waals surface area contributed by atoms with Crippen molar-refractivity contribution in [2.45, 2.75) is 11.7 Å². The molecule has 7 nitrogen and oxygen atoms in total. The summed E-state index contributed by atoms with van der Waals surface area (Å²) in [6.45, 7) is 0.369. The van der Waals surface area contributed by atoms with E-state index in [9.17, 15) is 4.79 Å². The van der Waals surface area contributed by atoms with E-state index in [1.54, 1.807) is 25.0 Å². The molecule has 0 saturated carbocycles. The van der Waals surface area contributed by atoms with Crippen LogP contribution in [-0.4, -0.2) is 40.6 Å². The Bertz CT molecular complexity index is 1130. The van der Waals surface area contributed by atoms with E-state index in [4.69, 9.17) is 14.5 Å². The molecule has 0 bridgehead atoms. The maximum atomic E-state index is 12.5. The number of amides is 1. The van der Waals surface area contributed by atoms with E-state index >= 15 is 0 Å². The van der Waals surface area contributed by atoms with E-state index < -0.39 is 0 Å². The number of ether oxygens (including phenoxy) is 2. The average Bonchev–Trinajstić information content (AvgIpc) is 3.31. The molecule has 0 spiro atoms. The maximum Gasteiger partial charge on any atom is 0.230 e. The Labute approximate surface area is 196 Å². The number of thioether (sulfide) groups is 1. The molecule has 0 saturated heterocycles. The number of nitrogens with one attached hydrogen (secondary N) is 1. The summed E-state index contributed by atoms with van der Waals surface area (Å²) in [5.74, 6) is 2.18. The van der Waals surface area contributed by atoms with E-state index in [1.165, 1.54) is 11.8 Å². The Morgan fingerprint density at radius 2 is 1.58 bits per heavy atom. The van der Waals surface area contributed by atoms with Crippen molar-refractivity contribution < 1.29 is 14.3 Å². The lowest BCUT2D eigenvalue weighted by molar-refractivity contribution is -0.118. The normalized spacial score (nSPS) is 10.6. The lowest BCUT2D eigenvalue weighted by atomic mass is 10.2. The van der Waals surface area contributed by atoms with E-state index in [0.29, 0.717) is 23.2 Å². The number of carbonyl (C=O) groups excluding carboxylic acids is 1. The highest BCUT2D eigenvalue weighted by Crippen LogP contribution is 2.25. The molecule has 0 aliphatic heterocycles. The first-order valence-corrected chi connectivity index (χ1v) is 11.3. The average molecular weight is 461 g/mol. The summed E-state index contributed by atoms with van der Waals surface area (Å²) >= 11 is 1.30. The van der Waals surface area contributed by atoms with Gasteiger partial charge in [-0.25, -0.2) is 9.67 Å². The van der Waals surface area contributed by atoms with Crippen LogP contribution in [0.25, 0.3) is 17.1 Å². The molecule has 4 rings (SSSR count). The van der Waals surface area contributed by atoms with Crippen molar-refractivity contribution in [3.05, 3.63) is 84.4 Å². The van der Waals surface area contributed by atoms with E-state index in [0.717, 1.165) is 22.6 Å². The van der Waals surface area contributed by atoms with Gasteiger partial charge in [0.05, 0.1) is 25.7 Å². The number of nitrogens with zero attached hydrogens (tertiary/aromatic N) is 3. The van der Waals surface area contributed by atoms with Gasteiger partial charge in [0, 0.05) is 18.2 Å². The maximum absolute atomic E-state index is 12.5. The zero-order chi connectivity index (χ0) is 23.0. The Morgan fingerprint density at radius 1 is 0.939 bits per heavy atom. The van der Waals surface area contributed by atoms with Gasteiger partial charge < -0.3 is 14.8 Å². The lowest BCUT2D eigenvalue weighted by Gasteiger charge is -2.09. The van der Waals surface area contributed by atoms with Crippen molar-refractivity contribution in [3.63, 3.8) is 0 Å². The van der Waals surface area contributed by atoms with Gasteiger partial charge in [0.15, 0.2) is 5.82 Å². The number of methoxy groups -OCH3 is 2. The van der Waals surface area contributed by atoms with Crippen LogP contribution in [0, 0.1) is 0 Å². The van der Waals surface area contributed by atoms with Crippen LogP contribution < -0.4 is 14.8 Å². The van der Waals surface area contributed by atoms with Crippen LogP contribution in [0.15, 0.2) is 84.0 Å². The quantitative estimate of drug-likeness (QED) is 0.374. The third kappa shape index (κ3) is 5.72. The molecule has 1 N–H and O–H groups in total. The molecule has 1 aromatic heterocycles. The topological polar surface area (TPSA) is 78.3 Å². The van der Waals surface area contributed by atoms with Crippen molar-refractivity contribution >= 4 is 17.7 Å². The van der Waals surface area contributed by atoms with Gasteiger partial charge >= 0.3 is 0 Å². The number of hydrogen-bond donors (Lipinski definition) is 1. The van der Waals surface area contributed by atoms with Gasteiger partial charge in [-0.05, 0) is 29.8 Å². The number of hydrogen-bond acceptors (Lipinski definition) is 6. The molecule has 0 atom stereocenters. The van der Waals surface area contributed by atoms with Gasteiger partial charge in [-0.15, -0.1) is 5.10 Å². The number of rotatable bonds is 9. The fourth-order valence-corrected chi connectivity index (χ4v) is 3.88. The predicted molar refractivity (Wildman–Crippen MR) is 129 cm³/mol. The van der Waals surface area contributed by atoms with E-state index in [2.05, 4.69) is 10.4 Å². The second-order valence-corrected chi connectivity index (χ2v) is 8.06. The molecule has 0 aliphatic carbocycles. The molecule has 1 heterocycles. The standard InChI is InChI=1S/C25H24N4O3S/c1-31-21-13-18(14-22(15-21)32-2)16-26-23(30)17-33-25-27-24(19-9-5-3-6-10-19)29(28-25)20-11-7-4-8-12-20/h3-15H,16-17H2,1-2H3,(H,26,30). The van der Waals surface area contributed by atoms with Gasteiger partial charge in [0.1, 0.15) is 11.5 Å². The molecule has 3 aromatic carbocycles. The van der Waals surface area contributed by atoms with E-state index in [-0.39, 0.29) is 11.7 Å². The smallest absolute Gasteiger partial charge is 0.230 e. The third-order valence-corrected chi connectivity index (χ3v) is 5.69. The third-order valence-electron chi connectivity index (χ3n) is 4.85. The Balaban J connectivity index is 1.44. The van der Waals surface area contributed by atoms with Crippen molar-refractivity contribution in [1.82, 2.24) is 20.1 Å². The fourth-order valence-electron chi connectivity index (χ4n) is 3.23. The van der Waals surface area contributed by atoms with Crippen LogP contribution in [0.3, 0.4) is 0 Å². The lowest BCUT2D eigenvalue weighted by Crippen LogP contribution is -2.24. The molecule has 4 aromatic rings. The van der Waals surface area contributed by atoms with Gasteiger partial charge in [0.2, 0.25) is 11.1 Å². The SMILES string of the molecule is COc1cc(CNC(=O)CSc2nc(-c3ccccc3)n(-c3ccccc3)n2)cc(OC)c1. The fraction of sp³-hybridized carbons (Fsp3) is 0.160. The van der Waals surface area contributed by atoms with Gasteiger partial charge in [-0.3, -0.25) is 4.79 Å². The van der Waals surface area contributed by atoms with Crippen LogP contribution in [0.4, 0.5) is 0 Å². The minimum Gasteiger partial charge on any atom is -0.497 e. The number of carbonyl (C=O) groups is 1. The van der Waals surface area contributed by atoms with E-state index in [1.807, 2.05) is 72.8 Å². The van der Waals surface area contributed by atoms with Crippen LogP contribution in [-0.2, 0) is 11.3 Å². The molecular formula is C25H24N4O3S. The highest BCUT2D eigenvalue weighted by atomic mass is 32.2. The van der Waals surface area contributed by atoms with Crippen LogP contribution in [0.2, 0.25) is 0 Å². The number of benzene rings is 3. The molecule has 0 fully saturated rings. The molecule has 1 amide bonds. The van der Waals surface area contributed by atoms with Crippen LogP contribution in [0.1, 0.15) is 5.56 Å². The number of aromatic nitrogens is 3. The summed E-state index contributed by atoms with van der Waals surface area (Å²) in [6.07, 6.45) is 0. The van der Waals surface area contributed by atoms with Gasteiger partial charge in [0.25, 0.3) is 0 Å². The second kappa shape index (κ2) is 10.7. The number of para-hydroxylation sites is 1. The summed E-state index contributed by atoms with van der Waals surface area (Å²) < 4.78 is 12.4. The Hall–Kier alpha value is -3.78. The van der Waals surface area contributed by atoms with Gasteiger partial charge in [-0.2, -0.15) is 0 Å². The molecule has 8 heteroatoms. The first-order chi connectivity index (χ1) is 16.2. The first-order valence-electron chi connectivity index (χ1n) is 10.4. The molecular weight excluding hydrogens is 436 g/mol. The monoisotopic (exact) mass is 460 g/mol. The summed E-state index contributed by atoms with van der Waals surface area (Å²) in [4.78, 5) is 17.2. The highest BCUT2D eigenvalue weighted by Gasteiger charge is 2.15. The molecule has 0 unspecified atom stereocenters. The zero-order valence-corrected chi connectivity index (χ0v) is 19.2. The summed E-state index contributed by atoms with van der Waals surface area (Å²) in [6, 6.07) is 25.2. The minimum atomic E-state index is -0.112. The minimum absolute atomic E-state index is 0.112. The van der Waals surface area contributed by atoms with Crippen LogP contribution >= 0.6 is 11.8 Å². The van der Waals surface area contributed by atoms with Crippen LogP contribution in [0.5, 0.6) is 11.5 Å². The van der Waals surface area contributed by atoms with Crippen molar-refractivity contribution in [1.29, 1.82) is 0 Å².